The van der Waals surface area contributed by atoms with E-state index in [0.717, 1.165) is 45.0 Å². The fraction of sp³-hybridized carbons (Fsp3) is 0.192. The lowest BCUT2D eigenvalue weighted by atomic mass is 9.84. The van der Waals surface area contributed by atoms with Crippen molar-refractivity contribution < 1.29 is 9.47 Å². The number of fused-ring (bicyclic) bond motifs is 3. The lowest BCUT2D eigenvalue weighted by molar-refractivity contribution is 0.215. The van der Waals surface area contributed by atoms with E-state index in [0.29, 0.717) is 12.6 Å². The van der Waals surface area contributed by atoms with Gasteiger partial charge in [0.25, 0.3) is 0 Å². The number of ether oxygens (including phenoxy) is 2. The minimum atomic E-state index is -0.381. The Hall–Kier alpha value is -4.13. The molecule has 2 atom stereocenters. The molecule has 4 heterocycles. The molecule has 0 saturated heterocycles. The molecule has 2 aromatic carbocycles. The summed E-state index contributed by atoms with van der Waals surface area (Å²) in [4.78, 5) is 8.87. The maximum Gasteiger partial charge on any atom is 0.226 e. The van der Waals surface area contributed by atoms with Crippen molar-refractivity contribution in [1.29, 1.82) is 0 Å². The van der Waals surface area contributed by atoms with Crippen molar-refractivity contribution in [2.45, 2.75) is 26.0 Å². The highest BCUT2D eigenvalue weighted by molar-refractivity contribution is 5.85. The summed E-state index contributed by atoms with van der Waals surface area (Å²) in [5, 5.41) is 8.10. The average Bonchev–Trinajstić information content (AvgIpc) is 3.32. The van der Waals surface area contributed by atoms with Gasteiger partial charge in [-0.05, 0) is 43.7 Å². The zero-order valence-electron chi connectivity index (χ0n) is 18.4. The number of hydrogen-bond acceptors (Lipinski definition) is 6. The highest BCUT2D eigenvalue weighted by Gasteiger charge is 2.41. The molecule has 2 aromatic heterocycles. The third-order valence-corrected chi connectivity index (χ3v) is 6.07. The van der Waals surface area contributed by atoms with E-state index in [-0.39, 0.29) is 12.1 Å². The Morgan fingerprint density at radius 1 is 1.12 bits per heavy atom. The molecule has 7 heteroatoms. The lowest BCUT2D eigenvalue weighted by Crippen LogP contribution is -2.32. The van der Waals surface area contributed by atoms with Gasteiger partial charge in [-0.3, -0.25) is 4.98 Å². The van der Waals surface area contributed by atoms with Crippen LogP contribution in [-0.4, -0.2) is 26.4 Å². The van der Waals surface area contributed by atoms with Crippen molar-refractivity contribution in [3.05, 3.63) is 101 Å². The molecule has 7 nitrogen and oxygen atoms in total. The second kappa shape index (κ2) is 7.78. The van der Waals surface area contributed by atoms with Crippen molar-refractivity contribution in [1.82, 2.24) is 19.7 Å². The van der Waals surface area contributed by atoms with Crippen molar-refractivity contribution >= 4 is 11.6 Å². The largest absolute Gasteiger partial charge is 0.493 e. The molecule has 33 heavy (non-hydrogen) atoms. The summed E-state index contributed by atoms with van der Waals surface area (Å²) in [6, 6.07) is 18.1. The number of hydrogen-bond donors (Lipinski definition) is 1. The van der Waals surface area contributed by atoms with Gasteiger partial charge in [0.05, 0.1) is 12.3 Å². The van der Waals surface area contributed by atoms with Crippen LogP contribution in [0.4, 0.5) is 5.95 Å². The van der Waals surface area contributed by atoms with Crippen LogP contribution in [0.15, 0.2) is 78.9 Å². The average molecular weight is 438 g/mol. The smallest absolute Gasteiger partial charge is 0.226 e. The van der Waals surface area contributed by atoms with Gasteiger partial charge < -0.3 is 14.8 Å². The zero-order valence-corrected chi connectivity index (χ0v) is 18.4. The standard InChI is InChI=1S/C26H23N5O2/c1-3-32-20-9-5-4-8-18(20)25-22-23(19-13-16(2)10-11-21(19)33-25)30-26-28-15-29-31(26)24(22)17-7-6-12-27-14-17/h4-15,24-25H,3H2,1-2H3,(H,28,29,30)/t24-,25+/m1/s1. The molecule has 0 unspecified atom stereocenters. The van der Waals surface area contributed by atoms with Gasteiger partial charge in [-0.2, -0.15) is 10.1 Å². The van der Waals surface area contributed by atoms with Crippen LogP contribution in [0.1, 0.15) is 41.3 Å². The summed E-state index contributed by atoms with van der Waals surface area (Å²) in [7, 11) is 0. The molecule has 2 aliphatic rings. The van der Waals surface area contributed by atoms with Gasteiger partial charge in [-0.1, -0.05) is 35.9 Å². The normalized spacial score (nSPS) is 18.5. The number of aromatic nitrogens is 4. The molecular formula is C26H23N5O2. The maximum atomic E-state index is 6.71. The Morgan fingerprint density at radius 2 is 2.03 bits per heavy atom. The molecular weight excluding hydrogens is 414 g/mol. The van der Waals surface area contributed by atoms with E-state index in [1.165, 1.54) is 0 Å². The number of anilines is 1. The van der Waals surface area contributed by atoms with E-state index in [9.17, 15) is 0 Å². The molecule has 0 radical (unpaired) electrons. The van der Waals surface area contributed by atoms with Crippen molar-refractivity contribution in [3.8, 4) is 11.5 Å². The third-order valence-electron chi connectivity index (χ3n) is 6.07. The van der Waals surface area contributed by atoms with Crippen LogP contribution in [0, 0.1) is 6.92 Å². The van der Waals surface area contributed by atoms with E-state index >= 15 is 0 Å². The monoisotopic (exact) mass is 437 g/mol. The second-order valence-electron chi connectivity index (χ2n) is 8.14. The fourth-order valence-electron chi connectivity index (χ4n) is 4.68. The number of para-hydroxylation sites is 1. The molecule has 1 N–H and O–H groups in total. The molecule has 0 bridgehead atoms. The molecule has 164 valence electrons. The first-order chi connectivity index (χ1) is 16.2. The van der Waals surface area contributed by atoms with Crippen molar-refractivity contribution in [2.75, 3.05) is 11.9 Å². The predicted octanol–water partition coefficient (Wildman–Crippen LogP) is 4.94. The van der Waals surface area contributed by atoms with Gasteiger partial charge in [0.2, 0.25) is 5.95 Å². The summed E-state index contributed by atoms with van der Waals surface area (Å²) in [6.45, 7) is 4.65. The minimum absolute atomic E-state index is 0.235. The summed E-state index contributed by atoms with van der Waals surface area (Å²) in [5.41, 5.74) is 6.19. The predicted molar refractivity (Wildman–Crippen MR) is 125 cm³/mol. The fourth-order valence-corrected chi connectivity index (χ4v) is 4.68. The molecule has 6 rings (SSSR count). The van der Waals surface area contributed by atoms with Crippen LogP contribution in [0.5, 0.6) is 11.5 Å². The van der Waals surface area contributed by atoms with Gasteiger partial charge in [-0.25, -0.2) is 4.68 Å². The van der Waals surface area contributed by atoms with Crippen LogP contribution >= 0.6 is 0 Å². The SMILES string of the molecule is CCOc1ccccc1[C@@H]1Oc2ccc(C)cc2C2=C1[C@@H](c1cccnc1)n1ncnc1N2. The van der Waals surface area contributed by atoms with Gasteiger partial charge in [-0.15, -0.1) is 0 Å². The van der Waals surface area contributed by atoms with Gasteiger partial charge in [0, 0.05) is 29.1 Å². The maximum absolute atomic E-state index is 6.71. The lowest BCUT2D eigenvalue weighted by Gasteiger charge is -2.39. The quantitative estimate of drug-likeness (QED) is 0.487. The van der Waals surface area contributed by atoms with Crippen molar-refractivity contribution in [3.63, 3.8) is 0 Å². The minimum Gasteiger partial charge on any atom is -0.493 e. The molecule has 4 aromatic rings. The van der Waals surface area contributed by atoms with Gasteiger partial charge in [0.15, 0.2) is 6.10 Å². The summed E-state index contributed by atoms with van der Waals surface area (Å²) in [5.74, 6) is 2.32. The Labute approximate surface area is 191 Å². The first kappa shape index (κ1) is 19.5. The highest BCUT2D eigenvalue weighted by Crippen LogP contribution is 2.51. The summed E-state index contributed by atoms with van der Waals surface area (Å²) >= 11 is 0. The third kappa shape index (κ3) is 3.16. The Kier molecular flexibility index (Phi) is 4.61. The number of aryl methyl sites for hydroxylation is 1. The van der Waals surface area contributed by atoms with E-state index in [1.54, 1.807) is 12.5 Å². The number of pyridine rings is 1. The van der Waals surface area contributed by atoms with Crippen LogP contribution in [0.3, 0.4) is 0 Å². The molecule has 2 aliphatic heterocycles. The van der Waals surface area contributed by atoms with E-state index < -0.39 is 0 Å². The summed E-state index contributed by atoms with van der Waals surface area (Å²) < 4.78 is 14.6. The number of benzene rings is 2. The molecule has 0 amide bonds. The summed E-state index contributed by atoms with van der Waals surface area (Å²) in [6.07, 6.45) is 4.85. The first-order valence-corrected chi connectivity index (χ1v) is 11.0. The van der Waals surface area contributed by atoms with E-state index in [1.807, 2.05) is 48.1 Å². The Bertz CT molecular complexity index is 1360. The molecule has 0 aliphatic carbocycles. The molecule has 0 fully saturated rings. The Morgan fingerprint density at radius 3 is 2.88 bits per heavy atom. The Balaban J connectivity index is 1.64. The molecule has 0 spiro atoms. The van der Waals surface area contributed by atoms with E-state index in [4.69, 9.17) is 9.47 Å². The second-order valence-corrected chi connectivity index (χ2v) is 8.14. The van der Waals surface area contributed by atoms with Gasteiger partial charge in [0.1, 0.15) is 23.9 Å². The topological polar surface area (TPSA) is 74.1 Å². The van der Waals surface area contributed by atoms with Crippen LogP contribution in [0.2, 0.25) is 0 Å². The number of nitrogens with one attached hydrogen (secondary N) is 1. The highest BCUT2D eigenvalue weighted by atomic mass is 16.5. The van der Waals surface area contributed by atoms with Gasteiger partial charge >= 0.3 is 0 Å². The molecule has 0 saturated carbocycles. The zero-order chi connectivity index (χ0) is 22.4. The van der Waals surface area contributed by atoms with Crippen molar-refractivity contribution in [2.24, 2.45) is 0 Å². The number of rotatable bonds is 4. The van der Waals surface area contributed by atoms with E-state index in [2.05, 4.69) is 51.6 Å². The van der Waals surface area contributed by atoms with Crippen LogP contribution in [0.25, 0.3) is 5.70 Å². The van der Waals surface area contributed by atoms with Crippen LogP contribution < -0.4 is 14.8 Å². The number of nitrogens with zero attached hydrogens (tertiary/aromatic N) is 4. The first-order valence-electron chi connectivity index (χ1n) is 11.0. The van der Waals surface area contributed by atoms with Crippen LogP contribution in [-0.2, 0) is 0 Å².